The zero-order valence-corrected chi connectivity index (χ0v) is 40.1. The molecule has 1 atom stereocenters. The van der Waals surface area contributed by atoms with Crippen LogP contribution in [-0.4, -0.2) is 37.2 Å². The molecule has 0 spiro atoms. The van der Waals surface area contributed by atoms with Gasteiger partial charge in [0.25, 0.3) is 0 Å². The Hall–Kier alpha value is -3.67. The molecule has 0 aliphatic carbocycles. The number of ether oxygens (including phenoxy) is 3. The van der Waals surface area contributed by atoms with Gasteiger partial charge in [0.05, 0.1) is 0 Å². The van der Waals surface area contributed by atoms with E-state index in [4.69, 9.17) is 14.2 Å². The molecule has 0 aromatic heterocycles. The van der Waals surface area contributed by atoms with Crippen LogP contribution < -0.4 is 0 Å². The first-order valence-electron chi connectivity index (χ1n) is 25.3. The zero-order chi connectivity index (χ0) is 45.1. The van der Waals surface area contributed by atoms with Crippen molar-refractivity contribution in [3.63, 3.8) is 0 Å². The highest BCUT2D eigenvalue weighted by molar-refractivity contribution is 5.71. The highest BCUT2D eigenvalue weighted by Crippen LogP contribution is 2.13. The van der Waals surface area contributed by atoms with E-state index in [9.17, 15) is 14.4 Å². The van der Waals surface area contributed by atoms with Gasteiger partial charge in [-0.15, -0.1) is 0 Å². The first kappa shape index (κ1) is 58.3. The van der Waals surface area contributed by atoms with Crippen LogP contribution in [0.3, 0.4) is 0 Å². The summed E-state index contributed by atoms with van der Waals surface area (Å²) in [6.07, 6.45) is 65.3. The molecule has 62 heavy (non-hydrogen) atoms. The summed E-state index contributed by atoms with van der Waals surface area (Å²) in [5.41, 5.74) is 0. The third-order valence-corrected chi connectivity index (χ3v) is 10.5. The largest absolute Gasteiger partial charge is 0.462 e. The Kier molecular flexibility index (Phi) is 47.0. The molecule has 0 amide bonds. The van der Waals surface area contributed by atoms with Gasteiger partial charge >= 0.3 is 17.9 Å². The van der Waals surface area contributed by atoms with Crippen LogP contribution >= 0.6 is 0 Å². The summed E-state index contributed by atoms with van der Waals surface area (Å²) in [5.74, 6) is -0.965. The zero-order valence-electron chi connectivity index (χ0n) is 40.1. The summed E-state index contributed by atoms with van der Waals surface area (Å²) in [7, 11) is 0. The maximum Gasteiger partial charge on any atom is 0.306 e. The predicted octanol–water partition coefficient (Wildman–Crippen LogP) is 16.6. The third-order valence-electron chi connectivity index (χ3n) is 10.5. The van der Waals surface area contributed by atoms with Crippen LogP contribution in [0, 0.1) is 0 Å². The molecular weight excluding hydrogens is 769 g/mol. The summed E-state index contributed by atoms with van der Waals surface area (Å²) in [5, 5.41) is 0. The van der Waals surface area contributed by atoms with E-state index in [-0.39, 0.29) is 31.1 Å². The van der Waals surface area contributed by atoms with Gasteiger partial charge in [-0.3, -0.25) is 14.4 Å². The maximum absolute atomic E-state index is 12.8. The third kappa shape index (κ3) is 47.4. The number of rotatable bonds is 44. The first-order chi connectivity index (χ1) is 30.5. The number of carbonyl (C=O) groups excluding carboxylic acids is 3. The van der Waals surface area contributed by atoms with Crippen molar-refractivity contribution in [1.29, 1.82) is 0 Å². The Morgan fingerprint density at radius 2 is 0.629 bits per heavy atom. The molecule has 0 aliphatic heterocycles. The fourth-order valence-electron chi connectivity index (χ4n) is 6.67. The van der Waals surface area contributed by atoms with Crippen LogP contribution in [0.5, 0.6) is 0 Å². The molecule has 352 valence electrons. The molecule has 0 heterocycles. The second kappa shape index (κ2) is 50.0. The van der Waals surface area contributed by atoms with Crippen molar-refractivity contribution in [2.75, 3.05) is 13.2 Å². The van der Waals surface area contributed by atoms with Crippen LogP contribution in [0.25, 0.3) is 0 Å². The van der Waals surface area contributed by atoms with E-state index in [1.165, 1.54) is 64.2 Å². The molecule has 0 fully saturated rings. The lowest BCUT2D eigenvalue weighted by atomic mass is 10.1. The molecule has 0 radical (unpaired) electrons. The molecule has 6 heteroatoms. The van der Waals surface area contributed by atoms with Gasteiger partial charge < -0.3 is 14.2 Å². The molecule has 1 unspecified atom stereocenters. The predicted molar refractivity (Wildman–Crippen MR) is 265 cm³/mol. The van der Waals surface area contributed by atoms with Crippen molar-refractivity contribution in [2.24, 2.45) is 0 Å². The smallest absolute Gasteiger partial charge is 0.306 e. The van der Waals surface area contributed by atoms with Crippen LogP contribution in [0.2, 0.25) is 0 Å². The van der Waals surface area contributed by atoms with Gasteiger partial charge in [-0.2, -0.15) is 0 Å². The quantitative estimate of drug-likeness (QED) is 0.0263. The van der Waals surface area contributed by atoms with E-state index in [1.807, 2.05) is 0 Å². The van der Waals surface area contributed by atoms with Gasteiger partial charge in [0.1, 0.15) is 13.2 Å². The van der Waals surface area contributed by atoms with E-state index in [0.717, 1.165) is 116 Å². The number of hydrogen-bond donors (Lipinski definition) is 0. The molecule has 0 aliphatic rings. The Bertz CT molecular complexity index is 1260. The normalized spacial score (nSPS) is 12.9. The van der Waals surface area contributed by atoms with Crippen molar-refractivity contribution >= 4 is 17.9 Å². The first-order valence-corrected chi connectivity index (χ1v) is 25.3. The lowest BCUT2D eigenvalue weighted by Crippen LogP contribution is -2.30. The van der Waals surface area contributed by atoms with E-state index in [0.29, 0.717) is 19.3 Å². The molecule has 0 saturated heterocycles. The summed E-state index contributed by atoms with van der Waals surface area (Å²) in [6, 6.07) is 0. The lowest BCUT2D eigenvalue weighted by molar-refractivity contribution is -0.167. The molecular formula is C56H92O6. The highest BCUT2D eigenvalue weighted by Gasteiger charge is 2.19. The average molecular weight is 861 g/mol. The second-order valence-corrected chi connectivity index (χ2v) is 16.5. The maximum atomic E-state index is 12.8. The fourth-order valence-corrected chi connectivity index (χ4v) is 6.67. The van der Waals surface area contributed by atoms with Gasteiger partial charge in [0, 0.05) is 19.3 Å². The second-order valence-electron chi connectivity index (χ2n) is 16.5. The van der Waals surface area contributed by atoms with Crippen molar-refractivity contribution in [2.45, 2.75) is 226 Å². The average Bonchev–Trinajstić information content (AvgIpc) is 3.27. The van der Waals surface area contributed by atoms with E-state index in [2.05, 4.69) is 118 Å². The van der Waals surface area contributed by atoms with E-state index >= 15 is 0 Å². The molecule has 0 N–H and O–H groups in total. The molecule has 0 saturated carbocycles. The SMILES string of the molecule is CC\C=C/C=C\C=C/CCCCCCCCCC(=O)OC(COC(=O)CCCCC/C=C\C=C/CCCCCCCCC)COC(=O)CCCCCCC\C=C/C=C\C=C/CC. The van der Waals surface area contributed by atoms with E-state index < -0.39 is 6.10 Å². The van der Waals surface area contributed by atoms with Gasteiger partial charge in [0.15, 0.2) is 6.10 Å². The van der Waals surface area contributed by atoms with E-state index in [1.54, 1.807) is 0 Å². The number of unbranched alkanes of at least 4 members (excludes halogenated alkanes) is 22. The minimum Gasteiger partial charge on any atom is -0.462 e. The summed E-state index contributed by atoms with van der Waals surface area (Å²) < 4.78 is 16.7. The van der Waals surface area contributed by atoms with Gasteiger partial charge in [-0.25, -0.2) is 0 Å². The summed E-state index contributed by atoms with van der Waals surface area (Å²) >= 11 is 0. The monoisotopic (exact) mass is 861 g/mol. The Labute approximate surface area is 381 Å². The van der Waals surface area contributed by atoms with Gasteiger partial charge in [-0.1, -0.05) is 214 Å². The van der Waals surface area contributed by atoms with Gasteiger partial charge in [0.2, 0.25) is 0 Å². The highest BCUT2D eigenvalue weighted by atomic mass is 16.6. The Morgan fingerprint density at radius 1 is 0.339 bits per heavy atom. The lowest BCUT2D eigenvalue weighted by Gasteiger charge is -2.18. The number of esters is 3. The molecule has 0 aromatic rings. The summed E-state index contributed by atoms with van der Waals surface area (Å²) in [6.45, 7) is 6.31. The molecule has 0 aromatic carbocycles. The van der Waals surface area contributed by atoms with Gasteiger partial charge in [-0.05, 0) is 83.5 Å². The number of allylic oxidation sites excluding steroid dienone is 16. The van der Waals surface area contributed by atoms with Crippen LogP contribution in [-0.2, 0) is 28.6 Å². The van der Waals surface area contributed by atoms with Crippen molar-refractivity contribution < 1.29 is 28.6 Å². The molecule has 6 nitrogen and oxygen atoms in total. The van der Waals surface area contributed by atoms with Crippen molar-refractivity contribution in [3.8, 4) is 0 Å². The standard InChI is InChI=1S/C56H92O6/c1-4-7-10-13-16-19-22-25-27-29-31-34-37-40-43-46-49-55(58)61-52-53(51-60-54(57)48-45-42-39-36-33-30-24-21-18-15-12-9-6-3)62-56(59)50-47-44-41-38-35-32-28-26-23-20-17-14-11-8-5-2/h8-9,11-12,14-15,17-18,20-21,23-24,27,29,31,34,53H,4-7,10,13,16,19,22,25-26,28,30,32-33,35-52H2,1-3H3/b11-8-,12-9-,17-14-,18-15-,23-20-,24-21-,29-27-,34-31-. The molecule has 0 bridgehead atoms. The summed E-state index contributed by atoms with van der Waals surface area (Å²) in [4.78, 5) is 37.9. The Balaban J connectivity index is 4.48. The molecule has 0 rings (SSSR count). The van der Waals surface area contributed by atoms with Crippen LogP contribution in [0.1, 0.15) is 220 Å². The van der Waals surface area contributed by atoms with Crippen molar-refractivity contribution in [3.05, 3.63) is 97.2 Å². The minimum atomic E-state index is -0.803. The van der Waals surface area contributed by atoms with Crippen LogP contribution in [0.4, 0.5) is 0 Å². The number of hydrogen-bond acceptors (Lipinski definition) is 6. The van der Waals surface area contributed by atoms with Crippen molar-refractivity contribution in [1.82, 2.24) is 0 Å². The van der Waals surface area contributed by atoms with Crippen LogP contribution in [0.15, 0.2) is 97.2 Å². The topological polar surface area (TPSA) is 78.9 Å². The Morgan fingerprint density at radius 3 is 1.00 bits per heavy atom. The fraction of sp³-hybridized carbons (Fsp3) is 0.661. The number of carbonyl (C=O) groups is 3. The minimum absolute atomic E-state index is 0.103.